The third kappa shape index (κ3) is 4.54. The van der Waals surface area contributed by atoms with Gasteiger partial charge in [0.2, 0.25) is 0 Å². The van der Waals surface area contributed by atoms with Gasteiger partial charge in [0.25, 0.3) is 5.91 Å². The summed E-state index contributed by atoms with van der Waals surface area (Å²) < 4.78 is 5.24. The molecule has 1 aliphatic rings. The van der Waals surface area contributed by atoms with Crippen LogP contribution >= 0.6 is 0 Å². The summed E-state index contributed by atoms with van der Waals surface area (Å²) in [5.74, 6) is 2.79. The van der Waals surface area contributed by atoms with Gasteiger partial charge in [-0.05, 0) is 25.8 Å². The van der Waals surface area contributed by atoms with Crippen LogP contribution in [-0.4, -0.2) is 35.0 Å². The Hall–Kier alpha value is -2.37. The Morgan fingerprint density at radius 2 is 1.93 bits per heavy atom. The van der Waals surface area contributed by atoms with E-state index in [4.69, 9.17) is 14.4 Å². The molecule has 2 aromatic heterocycles. The number of amides is 1. The zero-order chi connectivity index (χ0) is 20.5. The number of rotatable bonds is 4. The fourth-order valence-electron chi connectivity index (χ4n) is 3.39. The van der Waals surface area contributed by atoms with Crippen LogP contribution in [0.5, 0.6) is 0 Å². The Morgan fingerprint density at radius 3 is 2.46 bits per heavy atom. The fourth-order valence-corrected chi connectivity index (χ4v) is 3.39. The van der Waals surface area contributed by atoms with E-state index in [9.17, 15) is 4.79 Å². The molecule has 0 aromatic carbocycles. The molecular formula is C22H32N4O2. The summed E-state index contributed by atoms with van der Waals surface area (Å²) in [7, 11) is 0. The molecule has 0 saturated carbocycles. The number of carbonyl (C=O) groups is 1. The second-order valence-corrected chi connectivity index (χ2v) is 9.00. The maximum Gasteiger partial charge on any atom is 0.255 e. The van der Waals surface area contributed by atoms with Crippen molar-refractivity contribution in [2.45, 2.75) is 71.8 Å². The number of nitrogens with one attached hydrogen (secondary N) is 1. The van der Waals surface area contributed by atoms with Crippen LogP contribution in [-0.2, 0) is 5.41 Å². The fraction of sp³-hybridized carbons (Fsp3) is 0.591. The van der Waals surface area contributed by atoms with Gasteiger partial charge in [0, 0.05) is 36.5 Å². The molecular weight excluding hydrogens is 352 g/mol. The highest BCUT2D eigenvalue weighted by Crippen LogP contribution is 2.27. The second-order valence-electron chi connectivity index (χ2n) is 9.00. The number of nitrogens with zero attached hydrogens (tertiary/aromatic N) is 3. The third-order valence-electron chi connectivity index (χ3n) is 5.27. The van der Waals surface area contributed by atoms with Crippen molar-refractivity contribution in [1.82, 2.24) is 15.3 Å². The summed E-state index contributed by atoms with van der Waals surface area (Å²) in [6, 6.07) is 4.02. The first-order valence-electron chi connectivity index (χ1n) is 10.1. The van der Waals surface area contributed by atoms with Crippen LogP contribution in [0.2, 0.25) is 0 Å². The van der Waals surface area contributed by atoms with Gasteiger partial charge in [0.1, 0.15) is 17.4 Å². The minimum Gasteiger partial charge on any atom is -0.469 e. The number of furan rings is 1. The lowest BCUT2D eigenvalue weighted by Crippen LogP contribution is -2.45. The number of anilines is 1. The number of aryl methyl sites for hydroxylation is 1. The van der Waals surface area contributed by atoms with Gasteiger partial charge < -0.3 is 14.6 Å². The van der Waals surface area contributed by atoms with Gasteiger partial charge in [-0.25, -0.2) is 9.97 Å². The van der Waals surface area contributed by atoms with E-state index in [1.165, 1.54) is 0 Å². The number of piperidine rings is 1. The van der Waals surface area contributed by atoms with Crippen molar-refractivity contribution in [3.8, 4) is 0 Å². The monoisotopic (exact) mass is 384 g/mol. The standard InChI is InChI=1S/C22H32N4O2/c1-14(2)20-24-18(22(4,5)6)13-19(25-20)26-10-7-16(8-11-26)23-21(27)17-9-12-28-15(17)3/h9,12-14,16H,7-8,10-11H2,1-6H3,(H,23,27). The molecule has 6 heteroatoms. The molecule has 152 valence electrons. The predicted octanol–water partition coefficient (Wildman–Crippen LogP) is 4.20. The van der Waals surface area contributed by atoms with Crippen molar-refractivity contribution >= 4 is 11.7 Å². The van der Waals surface area contributed by atoms with Gasteiger partial charge in [-0.3, -0.25) is 4.79 Å². The SMILES string of the molecule is Cc1occc1C(=O)NC1CCN(c2cc(C(C)(C)C)nc(C(C)C)n2)CC1. The maximum absolute atomic E-state index is 12.4. The lowest BCUT2D eigenvalue weighted by Gasteiger charge is -2.34. The molecule has 0 atom stereocenters. The Kier molecular flexibility index (Phi) is 5.77. The molecule has 1 saturated heterocycles. The van der Waals surface area contributed by atoms with Crippen LogP contribution in [0, 0.1) is 6.92 Å². The molecule has 28 heavy (non-hydrogen) atoms. The molecule has 1 fully saturated rings. The number of hydrogen-bond acceptors (Lipinski definition) is 5. The predicted molar refractivity (Wildman–Crippen MR) is 111 cm³/mol. The first kappa shape index (κ1) is 20.4. The van der Waals surface area contributed by atoms with Crippen LogP contribution < -0.4 is 10.2 Å². The van der Waals surface area contributed by atoms with Gasteiger partial charge in [-0.15, -0.1) is 0 Å². The first-order valence-corrected chi connectivity index (χ1v) is 10.1. The van der Waals surface area contributed by atoms with Gasteiger partial charge in [-0.2, -0.15) is 0 Å². The van der Waals surface area contributed by atoms with E-state index < -0.39 is 0 Å². The molecule has 3 rings (SSSR count). The average molecular weight is 385 g/mol. The van der Waals surface area contributed by atoms with E-state index in [1.807, 2.05) is 6.92 Å². The zero-order valence-corrected chi connectivity index (χ0v) is 17.9. The largest absolute Gasteiger partial charge is 0.469 e. The van der Waals surface area contributed by atoms with Crippen molar-refractivity contribution in [2.24, 2.45) is 0 Å². The molecule has 0 bridgehead atoms. The second kappa shape index (κ2) is 7.94. The Morgan fingerprint density at radius 1 is 1.25 bits per heavy atom. The van der Waals surface area contributed by atoms with Crippen LogP contribution in [0.4, 0.5) is 5.82 Å². The van der Waals surface area contributed by atoms with Crippen LogP contribution in [0.3, 0.4) is 0 Å². The summed E-state index contributed by atoms with van der Waals surface area (Å²) in [6.45, 7) is 14.4. The third-order valence-corrected chi connectivity index (χ3v) is 5.27. The Bertz CT molecular complexity index is 827. The topological polar surface area (TPSA) is 71.3 Å². The van der Waals surface area contributed by atoms with E-state index in [0.29, 0.717) is 11.3 Å². The van der Waals surface area contributed by atoms with Gasteiger partial charge in [-0.1, -0.05) is 34.6 Å². The van der Waals surface area contributed by atoms with Gasteiger partial charge in [0.05, 0.1) is 17.5 Å². The molecule has 0 spiro atoms. The summed E-state index contributed by atoms with van der Waals surface area (Å²) in [4.78, 5) is 24.3. The summed E-state index contributed by atoms with van der Waals surface area (Å²) in [5.41, 5.74) is 1.68. The number of hydrogen-bond donors (Lipinski definition) is 1. The Labute approximate surface area is 167 Å². The van der Waals surface area contributed by atoms with Crippen molar-refractivity contribution in [1.29, 1.82) is 0 Å². The van der Waals surface area contributed by atoms with E-state index in [2.05, 4.69) is 50.9 Å². The van der Waals surface area contributed by atoms with Crippen molar-refractivity contribution in [3.05, 3.63) is 41.2 Å². The first-order chi connectivity index (χ1) is 13.1. The summed E-state index contributed by atoms with van der Waals surface area (Å²) >= 11 is 0. The zero-order valence-electron chi connectivity index (χ0n) is 17.9. The average Bonchev–Trinajstić information content (AvgIpc) is 3.07. The lowest BCUT2D eigenvalue weighted by atomic mass is 9.91. The summed E-state index contributed by atoms with van der Waals surface area (Å²) in [6.07, 6.45) is 3.35. The van der Waals surface area contributed by atoms with Gasteiger partial charge >= 0.3 is 0 Å². The Balaban J connectivity index is 1.68. The molecule has 3 heterocycles. The molecule has 0 radical (unpaired) electrons. The molecule has 0 aliphatic carbocycles. The van der Waals surface area contributed by atoms with E-state index >= 15 is 0 Å². The molecule has 2 aromatic rings. The smallest absolute Gasteiger partial charge is 0.255 e. The minimum absolute atomic E-state index is 0.0178. The van der Waals surface area contributed by atoms with Crippen molar-refractivity contribution in [3.63, 3.8) is 0 Å². The number of aromatic nitrogens is 2. The maximum atomic E-state index is 12.4. The van der Waals surface area contributed by atoms with Crippen LogP contribution in [0.25, 0.3) is 0 Å². The highest BCUT2D eigenvalue weighted by molar-refractivity contribution is 5.95. The molecule has 1 N–H and O–H groups in total. The number of carbonyl (C=O) groups excluding carboxylic acids is 1. The highest BCUT2D eigenvalue weighted by Gasteiger charge is 2.25. The highest BCUT2D eigenvalue weighted by atomic mass is 16.3. The van der Waals surface area contributed by atoms with Crippen LogP contribution in [0.1, 0.15) is 81.0 Å². The van der Waals surface area contributed by atoms with E-state index in [-0.39, 0.29) is 23.3 Å². The quantitative estimate of drug-likeness (QED) is 0.855. The van der Waals surface area contributed by atoms with Crippen molar-refractivity contribution in [2.75, 3.05) is 18.0 Å². The minimum atomic E-state index is -0.0520. The summed E-state index contributed by atoms with van der Waals surface area (Å²) in [5, 5.41) is 3.14. The molecule has 1 aliphatic heterocycles. The normalized spacial score (nSPS) is 15.9. The van der Waals surface area contributed by atoms with E-state index in [1.54, 1.807) is 12.3 Å². The van der Waals surface area contributed by atoms with Crippen LogP contribution in [0.15, 0.2) is 22.8 Å². The lowest BCUT2D eigenvalue weighted by molar-refractivity contribution is 0.0929. The molecule has 1 amide bonds. The molecule has 0 unspecified atom stereocenters. The van der Waals surface area contributed by atoms with E-state index in [0.717, 1.165) is 43.3 Å². The molecule has 6 nitrogen and oxygen atoms in total. The van der Waals surface area contributed by atoms with Crippen molar-refractivity contribution < 1.29 is 9.21 Å². The van der Waals surface area contributed by atoms with Gasteiger partial charge in [0.15, 0.2) is 0 Å².